The highest BCUT2D eigenvalue weighted by Gasteiger charge is 2.12. The zero-order valence-electron chi connectivity index (χ0n) is 14.9. The number of methoxy groups -OCH3 is 1. The summed E-state index contributed by atoms with van der Waals surface area (Å²) < 4.78 is 4.60. The number of rotatable bonds is 8. The fourth-order valence-corrected chi connectivity index (χ4v) is 3.31. The minimum absolute atomic E-state index is 0.0493. The van der Waals surface area contributed by atoms with E-state index in [1.54, 1.807) is 23.7 Å². The van der Waals surface area contributed by atoms with Crippen LogP contribution in [-0.4, -0.2) is 37.5 Å². The number of amides is 1. The highest BCUT2D eigenvalue weighted by Crippen LogP contribution is 2.24. The lowest BCUT2D eigenvalue weighted by Gasteiger charge is -2.17. The van der Waals surface area contributed by atoms with Gasteiger partial charge in [-0.15, -0.1) is 11.8 Å². The smallest absolute Gasteiger partial charge is 0.305 e. The first-order chi connectivity index (χ1) is 12.5. The molecular weight excluding hydrogens is 370 g/mol. The average Bonchev–Trinajstić information content (AvgIpc) is 2.67. The minimum atomic E-state index is -0.256. The van der Waals surface area contributed by atoms with Crippen molar-refractivity contribution in [2.45, 2.75) is 23.5 Å². The van der Waals surface area contributed by atoms with Crippen LogP contribution in [-0.2, 0) is 15.3 Å². The predicted octanol–water partition coefficient (Wildman–Crippen LogP) is 4.66. The van der Waals surface area contributed by atoms with Crippen LogP contribution in [0, 0.1) is 0 Å². The highest BCUT2D eigenvalue weighted by molar-refractivity contribution is 7.98. The van der Waals surface area contributed by atoms with Gasteiger partial charge in [0.15, 0.2) is 0 Å². The maximum atomic E-state index is 12.4. The number of esters is 1. The molecule has 0 aromatic heterocycles. The van der Waals surface area contributed by atoms with Gasteiger partial charge in [0.25, 0.3) is 5.91 Å². The van der Waals surface area contributed by atoms with E-state index in [1.807, 2.05) is 48.5 Å². The molecule has 0 unspecified atom stereocenters. The van der Waals surface area contributed by atoms with Gasteiger partial charge in [-0.25, -0.2) is 0 Å². The summed E-state index contributed by atoms with van der Waals surface area (Å²) in [6.45, 7) is 0.516. The van der Waals surface area contributed by atoms with E-state index in [2.05, 4.69) is 4.74 Å². The lowest BCUT2D eigenvalue weighted by atomic mass is 10.1. The van der Waals surface area contributed by atoms with Crippen molar-refractivity contribution >= 4 is 35.2 Å². The second-order valence-electron chi connectivity index (χ2n) is 5.85. The van der Waals surface area contributed by atoms with Gasteiger partial charge in [-0.1, -0.05) is 23.7 Å². The molecule has 2 aromatic rings. The fourth-order valence-electron chi connectivity index (χ4n) is 2.33. The van der Waals surface area contributed by atoms with Gasteiger partial charge >= 0.3 is 5.97 Å². The molecule has 0 heterocycles. The average molecular weight is 392 g/mol. The van der Waals surface area contributed by atoms with Crippen LogP contribution in [0.2, 0.25) is 5.02 Å². The first kappa shape index (κ1) is 20.3. The van der Waals surface area contributed by atoms with Crippen molar-refractivity contribution in [1.82, 2.24) is 4.90 Å². The number of halogens is 1. The summed E-state index contributed by atoms with van der Waals surface area (Å²) in [6, 6.07) is 15.4. The quantitative estimate of drug-likeness (QED) is 0.485. The van der Waals surface area contributed by atoms with Crippen LogP contribution in [0.5, 0.6) is 0 Å². The van der Waals surface area contributed by atoms with Crippen LogP contribution in [0.1, 0.15) is 28.8 Å². The summed E-state index contributed by atoms with van der Waals surface area (Å²) in [5.74, 6) is 0.519. The van der Waals surface area contributed by atoms with Crippen LogP contribution in [0.15, 0.2) is 53.4 Å². The number of carbonyl (C=O) groups excluding carboxylic acids is 2. The van der Waals surface area contributed by atoms with Crippen molar-refractivity contribution in [1.29, 1.82) is 0 Å². The zero-order valence-corrected chi connectivity index (χ0v) is 16.5. The number of nitrogens with zero attached hydrogens (tertiary/aromatic N) is 1. The Kier molecular flexibility index (Phi) is 8.01. The largest absolute Gasteiger partial charge is 0.469 e. The third-order valence-electron chi connectivity index (χ3n) is 3.87. The van der Waals surface area contributed by atoms with Gasteiger partial charge in [-0.3, -0.25) is 9.59 Å². The third kappa shape index (κ3) is 6.39. The van der Waals surface area contributed by atoms with Crippen LogP contribution in [0.25, 0.3) is 0 Å². The Morgan fingerprint density at radius 2 is 1.73 bits per heavy atom. The Balaban J connectivity index is 1.84. The standard InChI is InChI=1S/C20H22ClNO3S/c1-22(13-3-4-19(23)25-2)20(24)16-7-5-15(6-8-16)14-26-18-11-9-17(21)10-12-18/h5-12H,3-4,13-14H2,1-2H3. The number of hydrogen-bond acceptors (Lipinski definition) is 4. The Morgan fingerprint density at radius 3 is 2.35 bits per heavy atom. The summed E-state index contributed by atoms with van der Waals surface area (Å²) in [5.41, 5.74) is 1.79. The molecule has 0 aliphatic carbocycles. The Bertz CT molecular complexity index is 732. The molecule has 2 aromatic carbocycles. The van der Waals surface area contributed by atoms with E-state index in [0.29, 0.717) is 24.9 Å². The second-order valence-corrected chi connectivity index (χ2v) is 7.33. The van der Waals surface area contributed by atoms with Crippen molar-refractivity contribution in [3.8, 4) is 0 Å². The van der Waals surface area contributed by atoms with Gasteiger partial charge in [0, 0.05) is 41.2 Å². The summed E-state index contributed by atoms with van der Waals surface area (Å²) in [5, 5.41) is 0.730. The summed E-state index contributed by atoms with van der Waals surface area (Å²) in [7, 11) is 3.11. The third-order valence-corrected chi connectivity index (χ3v) is 5.20. The molecule has 0 fully saturated rings. The number of ether oxygens (including phenoxy) is 1. The van der Waals surface area contributed by atoms with Gasteiger partial charge in [0.05, 0.1) is 7.11 Å². The summed E-state index contributed by atoms with van der Waals surface area (Å²) in [6.07, 6.45) is 0.902. The van der Waals surface area contributed by atoms with Crippen LogP contribution in [0.4, 0.5) is 0 Å². The van der Waals surface area contributed by atoms with Gasteiger partial charge in [-0.05, 0) is 48.4 Å². The van der Waals surface area contributed by atoms with Crippen molar-refractivity contribution in [2.24, 2.45) is 0 Å². The van der Waals surface area contributed by atoms with Crippen molar-refractivity contribution in [3.05, 3.63) is 64.7 Å². The lowest BCUT2D eigenvalue weighted by molar-refractivity contribution is -0.140. The van der Waals surface area contributed by atoms with Gasteiger partial charge in [-0.2, -0.15) is 0 Å². The molecule has 0 atom stereocenters. The van der Waals surface area contributed by atoms with Crippen molar-refractivity contribution in [3.63, 3.8) is 0 Å². The van der Waals surface area contributed by atoms with Crippen molar-refractivity contribution in [2.75, 3.05) is 20.7 Å². The molecular formula is C20H22ClNO3S. The minimum Gasteiger partial charge on any atom is -0.469 e. The molecule has 0 saturated heterocycles. The van der Waals surface area contributed by atoms with Gasteiger partial charge < -0.3 is 9.64 Å². The molecule has 0 aliphatic rings. The molecule has 0 aliphatic heterocycles. The van der Waals surface area contributed by atoms with Crippen molar-refractivity contribution < 1.29 is 14.3 Å². The first-order valence-electron chi connectivity index (χ1n) is 8.29. The van der Waals surface area contributed by atoms with Crippen LogP contribution < -0.4 is 0 Å². The monoisotopic (exact) mass is 391 g/mol. The molecule has 0 saturated carbocycles. The van der Waals surface area contributed by atoms with E-state index >= 15 is 0 Å². The van der Waals surface area contributed by atoms with Crippen LogP contribution >= 0.6 is 23.4 Å². The van der Waals surface area contributed by atoms with E-state index < -0.39 is 0 Å². The molecule has 0 bridgehead atoms. The Labute approximate surface area is 163 Å². The molecule has 26 heavy (non-hydrogen) atoms. The molecule has 1 amide bonds. The fraction of sp³-hybridized carbons (Fsp3) is 0.300. The Morgan fingerprint density at radius 1 is 1.08 bits per heavy atom. The zero-order chi connectivity index (χ0) is 18.9. The number of carbonyl (C=O) groups is 2. The molecule has 0 radical (unpaired) electrons. The summed E-state index contributed by atoms with van der Waals surface area (Å²) in [4.78, 5) is 26.3. The predicted molar refractivity (Wildman–Crippen MR) is 106 cm³/mol. The number of thioether (sulfide) groups is 1. The molecule has 0 N–H and O–H groups in total. The molecule has 0 spiro atoms. The highest BCUT2D eigenvalue weighted by atomic mass is 35.5. The second kappa shape index (κ2) is 10.2. The lowest BCUT2D eigenvalue weighted by Crippen LogP contribution is -2.28. The van der Waals surface area contributed by atoms with E-state index in [-0.39, 0.29) is 11.9 Å². The SMILES string of the molecule is COC(=O)CCCN(C)C(=O)c1ccc(CSc2ccc(Cl)cc2)cc1. The number of hydrogen-bond donors (Lipinski definition) is 0. The molecule has 2 rings (SSSR count). The van der Waals surface area contributed by atoms with Gasteiger partial charge in [0.2, 0.25) is 0 Å². The topological polar surface area (TPSA) is 46.6 Å². The van der Waals surface area contributed by atoms with E-state index in [9.17, 15) is 9.59 Å². The maximum absolute atomic E-state index is 12.4. The normalized spacial score (nSPS) is 10.4. The van der Waals surface area contributed by atoms with Crippen LogP contribution in [0.3, 0.4) is 0 Å². The van der Waals surface area contributed by atoms with E-state index in [4.69, 9.17) is 11.6 Å². The van der Waals surface area contributed by atoms with E-state index in [0.717, 1.165) is 21.2 Å². The molecule has 138 valence electrons. The molecule has 6 heteroatoms. The maximum Gasteiger partial charge on any atom is 0.305 e. The molecule has 4 nitrogen and oxygen atoms in total. The van der Waals surface area contributed by atoms with E-state index in [1.165, 1.54) is 7.11 Å². The summed E-state index contributed by atoms with van der Waals surface area (Å²) >= 11 is 7.61. The van der Waals surface area contributed by atoms with Gasteiger partial charge in [0.1, 0.15) is 0 Å². The Hall–Kier alpha value is -1.98. The first-order valence-corrected chi connectivity index (χ1v) is 9.65. The number of benzene rings is 2.